The molecule has 0 aliphatic carbocycles. The number of hydrogen-bond donors (Lipinski definition) is 1. The Balaban J connectivity index is 2.19. The van der Waals surface area contributed by atoms with E-state index in [0.29, 0.717) is 6.54 Å². The molecule has 5 heteroatoms. The normalized spacial score (nSPS) is 29.2. The second-order valence-electron chi connectivity index (χ2n) is 3.61. The van der Waals surface area contributed by atoms with Crippen molar-refractivity contribution in [3.8, 4) is 0 Å². The Morgan fingerprint density at radius 1 is 1.46 bits per heavy atom. The van der Waals surface area contributed by atoms with Crippen LogP contribution in [0.1, 0.15) is 0 Å². The predicted molar refractivity (Wildman–Crippen MR) is 44.8 cm³/mol. The van der Waals surface area contributed by atoms with Crippen molar-refractivity contribution in [2.45, 2.75) is 6.04 Å². The number of quaternary nitrogens is 1. The summed E-state index contributed by atoms with van der Waals surface area (Å²) in [5, 5.41) is 2.09. The van der Waals surface area contributed by atoms with Gasteiger partial charge >= 0.3 is 0 Å². The number of nitrogens with zero attached hydrogens (tertiary/aromatic N) is 2. The molecule has 2 N–H and O–H groups in total. The van der Waals surface area contributed by atoms with E-state index in [4.69, 9.17) is 0 Å². The van der Waals surface area contributed by atoms with Crippen molar-refractivity contribution in [2.75, 3.05) is 33.2 Å². The van der Waals surface area contributed by atoms with Gasteiger partial charge in [-0.1, -0.05) is 0 Å². The number of rotatable bonds is 0. The third-order valence-corrected chi connectivity index (χ3v) is 2.69. The monoisotopic (exact) mass is 184 g/mol. The summed E-state index contributed by atoms with van der Waals surface area (Å²) < 4.78 is 0. The SMILES string of the molecule is CN1CC(=O)N2CC[NH2+]C[C@H]2C1=O. The van der Waals surface area contributed by atoms with Gasteiger partial charge in [0.05, 0.1) is 19.6 Å². The molecule has 0 aromatic rings. The number of amides is 2. The average Bonchev–Trinajstić information content (AvgIpc) is 2.15. The molecule has 0 saturated carbocycles. The van der Waals surface area contributed by atoms with Gasteiger partial charge in [-0.25, -0.2) is 0 Å². The van der Waals surface area contributed by atoms with Crippen LogP contribution in [0.5, 0.6) is 0 Å². The molecule has 0 radical (unpaired) electrons. The molecule has 1 atom stereocenters. The van der Waals surface area contributed by atoms with E-state index in [1.54, 1.807) is 11.9 Å². The Bertz CT molecular complexity index is 254. The summed E-state index contributed by atoms with van der Waals surface area (Å²) in [6.45, 7) is 2.59. The number of likely N-dealkylation sites (N-methyl/N-ethyl adjacent to an activating group) is 1. The predicted octanol–water partition coefficient (Wildman–Crippen LogP) is -2.77. The zero-order chi connectivity index (χ0) is 9.42. The van der Waals surface area contributed by atoms with Gasteiger partial charge in [0.15, 0.2) is 6.04 Å². The van der Waals surface area contributed by atoms with Gasteiger partial charge in [0.1, 0.15) is 6.54 Å². The fraction of sp³-hybridized carbons (Fsp3) is 0.750. The van der Waals surface area contributed by atoms with Crippen LogP contribution in [0, 0.1) is 0 Å². The van der Waals surface area contributed by atoms with Gasteiger partial charge in [-0.3, -0.25) is 9.59 Å². The maximum atomic E-state index is 11.6. The summed E-state index contributed by atoms with van der Waals surface area (Å²) in [7, 11) is 1.69. The van der Waals surface area contributed by atoms with E-state index >= 15 is 0 Å². The number of nitrogens with two attached hydrogens (primary N) is 1. The van der Waals surface area contributed by atoms with Crippen molar-refractivity contribution in [2.24, 2.45) is 0 Å². The van der Waals surface area contributed by atoms with E-state index in [1.165, 1.54) is 4.90 Å². The minimum atomic E-state index is -0.208. The standard InChI is InChI=1S/C8H13N3O2/c1-10-5-7(12)11-3-2-9-4-6(11)8(10)13/h6,9H,2-5H2,1H3/p+1/t6-/m0/s1. The third kappa shape index (κ3) is 1.29. The fourth-order valence-electron chi connectivity index (χ4n) is 1.95. The summed E-state index contributed by atoms with van der Waals surface area (Å²) >= 11 is 0. The Kier molecular flexibility index (Phi) is 1.95. The summed E-state index contributed by atoms with van der Waals surface area (Å²) in [6, 6.07) is -0.208. The van der Waals surface area contributed by atoms with Crippen molar-refractivity contribution in [3.63, 3.8) is 0 Å². The van der Waals surface area contributed by atoms with Gasteiger partial charge in [0, 0.05) is 7.05 Å². The van der Waals surface area contributed by atoms with Gasteiger partial charge in [-0.15, -0.1) is 0 Å². The molecule has 13 heavy (non-hydrogen) atoms. The topological polar surface area (TPSA) is 57.2 Å². The summed E-state index contributed by atoms with van der Waals surface area (Å²) in [5.74, 6) is 0.163. The quantitative estimate of drug-likeness (QED) is 0.443. The largest absolute Gasteiger partial charge is 0.343 e. The minimum absolute atomic E-state index is 0.0792. The Labute approximate surface area is 76.7 Å². The van der Waals surface area contributed by atoms with E-state index in [0.717, 1.165) is 13.1 Å². The van der Waals surface area contributed by atoms with Crippen molar-refractivity contribution in [1.29, 1.82) is 0 Å². The first-order valence-corrected chi connectivity index (χ1v) is 4.56. The highest BCUT2D eigenvalue weighted by atomic mass is 16.2. The fourth-order valence-corrected chi connectivity index (χ4v) is 1.95. The van der Waals surface area contributed by atoms with Crippen molar-refractivity contribution >= 4 is 11.8 Å². The average molecular weight is 184 g/mol. The molecule has 2 saturated heterocycles. The maximum Gasteiger partial charge on any atom is 0.251 e. The third-order valence-electron chi connectivity index (χ3n) is 2.69. The van der Waals surface area contributed by atoms with Crippen LogP contribution in [0.2, 0.25) is 0 Å². The van der Waals surface area contributed by atoms with Crippen LogP contribution in [0.15, 0.2) is 0 Å². The Morgan fingerprint density at radius 3 is 3.00 bits per heavy atom. The highest BCUT2D eigenvalue weighted by Crippen LogP contribution is 2.10. The molecule has 72 valence electrons. The Hall–Kier alpha value is -1.10. The lowest BCUT2D eigenvalue weighted by molar-refractivity contribution is -0.665. The van der Waals surface area contributed by atoms with Gasteiger partial charge in [-0.05, 0) is 0 Å². The van der Waals surface area contributed by atoms with E-state index in [9.17, 15) is 9.59 Å². The molecular weight excluding hydrogens is 170 g/mol. The van der Waals surface area contributed by atoms with E-state index in [2.05, 4.69) is 5.32 Å². The molecule has 0 unspecified atom stereocenters. The molecule has 0 aromatic carbocycles. The van der Waals surface area contributed by atoms with Crippen molar-refractivity contribution < 1.29 is 14.9 Å². The van der Waals surface area contributed by atoms with Crippen LogP contribution in [-0.2, 0) is 9.59 Å². The first-order chi connectivity index (χ1) is 6.20. The zero-order valence-electron chi connectivity index (χ0n) is 7.69. The van der Waals surface area contributed by atoms with Crippen LogP contribution in [-0.4, -0.2) is 60.9 Å². The van der Waals surface area contributed by atoms with E-state index in [-0.39, 0.29) is 24.4 Å². The van der Waals surface area contributed by atoms with Crippen LogP contribution in [0.4, 0.5) is 0 Å². The molecule has 2 heterocycles. The molecule has 0 aromatic heterocycles. The highest BCUT2D eigenvalue weighted by Gasteiger charge is 2.40. The number of fused-ring (bicyclic) bond motifs is 1. The van der Waals surface area contributed by atoms with Crippen molar-refractivity contribution in [3.05, 3.63) is 0 Å². The number of carbonyl (C=O) groups excluding carboxylic acids is 2. The Morgan fingerprint density at radius 2 is 2.23 bits per heavy atom. The number of carbonyl (C=O) groups is 2. The van der Waals surface area contributed by atoms with Gasteiger partial charge in [0.2, 0.25) is 5.91 Å². The molecule has 2 fully saturated rings. The second-order valence-corrected chi connectivity index (χ2v) is 3.61. The summed E-state index contributed by atoms with van der Waals surface area (Å²) in [4.78, 5) is 26.3. The first kappa shape index (κ1) is 8.50. The summed E-state index contributed by atoms with van der Waals surface area (Å²) in [6.07, 6.45) is 0. The maximum absolute atomic E-state index is 11.6. The first-order valence-electron chi connectivity index (χ1n) is 4.56. The molecule has 0 spiro atoms. The van der Waals surface area contributed by atoms with E-state index < -0.39 is 0 Å². The number of piperazine rings is 2. The van der Waals surface area contributed by atoms with Crippen LogP contribution < -0.4 is 5.32 Å². The van der Waals surface area contributed by atoms with E-state index in [1.807, 2.05) is 0 Å². The lowest BCUT2D eigenvalue weighted by Crippen LogP contribution is -2.93. The van der Waals surface area contributed by atoms with Crippen LogP contribution in [0.3, 0.4) is 0 Å². The highest BCUT2D eigenvalue weighted by molar-refractivity contribution is 5.94. The van der Waals surface area contributed by atoms with Crippen molar-refractivity contribution in [1.82, 2.24) is 9.80 Å². The molecule has 5 nitrogen and oxygen atoms in total. The van der Waals surface area contributed by atoms with Crippen LogP contribution >= 0.6 is 0 Å². The summed E-state index contributed by atoms with van der Waals surface area (Å²) in [5.41, 5.74) is 0. The van der Waals surface area contributed by atoms with Gasteiger partial charge < -0.3 is 15.1 Å². The molecular formula is C8H14N3O2+. The molecule has 2 rings (SSSR count). The second kappa shape index (κ2) is 2.99. The molecule has 2 aliphatic heterocycles. The molecule has 2 amide bonds. The number of hydrogen-bond acceptors (Lipinski definition) is 2. The molecule has 2 aliphatic rings. The molecule has 0 bridgehead atoms. The zero-order valence-corrected chi connectivity index (χ0v) is 7.69. The van der Waals surface area contributed by atoms with Crippen LogP contribution in [0.25, 0.3) is 0 Å². The van der Waals surface area contributed by atoms with Gasteiger partial charge in [-0.2, -0.15) is 0 Å². The lowest BCUT2D eigenvalue weighted by Gasteiger charge is -2.39. The smallest absolute Gasteiger partial charge is 0.251 e. The van der Waals surface area contributed by atoms with Gasteiger partial charge in [0.25, 0.3) is 5.91 Å². The minimum Gasteiger partial charge on any atom is -0.343 e. The lowest BCUT2D eigenvalue weighted by atomic mass is 10.1.